The molecular formula is C17H22F3NO2. The standard InChI is InChI=1S/C17H22F3NO2/c1-11(13-3-2-4-14(10-13)17(18,19)20)9-16(23)21-15(7-8-22)12-5-6-12/h2-4,10-12,15,22H,5-9H2,1H3,(H,21,23). The molecule has 1 fully saturated rings. The lowest BCUT2D eigenvalue weighted by Gasteiger charge is -2.19. The van der Waals surface area contributed by atoms with Crippen LogP contribution >= 0.6 is 0 Å². The van der Waals surface area contributed by atoms with Crippen LogP contribution in [0.15, 0.2) is 24.3 Å². The van der Waals surface area contributed by atoms with Crippen LogP contribution in [-0.2, 0) is 11.0 Å². The molecule has 3 nitrogen and oxygen atoms in total. The van der Waals surface area contributed by atoms with Crippen molar-refractivity contribution in [2.45, 2.75) is 50.7 Å². The van der Waals surface area contributed by atoms with Crippen LogP contribution < -0.4 is 5.32 Å². The monoisotopic (exact) mass is 329 g/mol. The number of hydrogen-bond acceptors (Lipinski definition) is 2. The number of aliphatic hydroxyl groups excluding tert-OH is 1. The van der Waals surface area contributed by atoms with Gasteiger partial charge in [0.15, 0.2) is 0 Å². The molecular weight excluding hydrogens is 307 g/mol. The van der Waals surface area contributed by atoms with E-state index in [0.717, 1.165) is 25.0 Å². The summed E-state index contributed by atoms with van der Waals surface area (Å²) in [6.45, 7) is 1.76. The average Bonchev–Trinajstić information content (AvgIpc) is 3.30. The molecule has 0 saturated heterocycles. The summed E-state index contributed by atoms with van der Waals surface area (Å²) in [5.41, 5.74) is -0.196. The highest BCUT2D eigenvalue weighted by atomic mass is 19.4. The van der Waals surface area contributed by atoms with Crippen LogP contribution in [-0.4, -0.2) is 23.7 Å². The summed E-state index contributed by atoms with van der Waals surface area (Å²) >= 11 is 0. The Hall–Kier alpha value is -1.56. The summed E-state index contributed by atoms with van der Waals surface area (Å²) in [5, 5.41) is 11.9. The molecule has 1 aliphatic rings. The molecule has 1 saturated carbocycles. The van der Waals surface area contributed by atoms with Crippen molar-refractivity contribution in [3.63, 3.8) is 0 Å². The first-order valence-corrected chi connectivity index (χ1v) is 7.88. The van der Waals surface area contributed by atoms with Gasteiger partial charge in [-0.05, 0) is 42.7 Å². The van der Waals surface area contributed by atoms with Crippen LogP contribution in [0, 0.1) is 5.92 Å². The van der Waals surface area contributed by atoms with Crippen molar-refractivity contribution in [2.24, 2.45) is 5.92 Å². The average molecular weight is 329 g/mol. The molecule has 0 heterocycles. The van der Waals surface area contributed by atoms with Gasteiger partial charge < -0.3 is 10.4 Å². The van der Waals surface area contributed by atoms with Crippen LogP contribution in [0.3, 0.4) is 0 Å². The molecule has 0 aliphatic heterocycles. The van der Waals surface area contributed by atoms with Gasteiger partial charge in [-0.25, -0.2) is 0 Å². The molecule has 1 amide bonds. The fourth-order valence-electron chi connectivity index (χ4n) is 2.75. The maximum atomic E-state index is 12.7. The minimum absolute atomic E-state index is 0.0185. The molecule has 2 N–H and O–H groups in total. The van der Waals surface area contributed by atoms with E-state index in [-0.39, 0.29) is 30.9 Å². The van der Waals surface area contributed by atoms with Gasteiger partial charge in [-0.15, -0.1) is 0 Å². The van der Waals surface area contributed by atoms with Crippen molar-refractivity contribution < 1.29 is 23.1 Å². The smallest absolute Gasteiger partial charge is 0.396 e. The van der Waals surface area contributed by atoms with Gasteiger partial charge in [0, 0.05) is 19.1 Å². The third-order valence-corrected chi connectivity index (χ3v) is 4.25. The number of carbonyl (C=O) groups is 1. The summed E-state index contributed by atoms with van der Waals surface area (Å²) in [4.78, 5) is 12.1. The van der Waals surface area contributed by atoms with Crippen molar-refractivity contribution in [1.29, 1.82) is 0 Å². The van der Waals surface area contributed by atoms with Gasteiger partial charge in [-0.2, -0.15) is 13.2 Å². The zero-order valence-corrected chi connectivity index (χ0v) is 13.1. The third kappa shape index (κ3) is 5.23. The van der Waals surface area contributed by atoms with Gasteiger partial charge in [0.2, 0.25) is 5.91 Å². The number of halogens is 3. The molecule has 1 aliphatic carbocycles. The predicted octanol–water partition coefficient (Wildman–Crippen LogP) is 3.48. The first-order valence-electron chi connectivity index (χ1n) is 7.88. The van der Waals surface area contributed by atoms with E-state index in [9.17, 15) is 18.0 Å². The van der Waals surface area contributed by atoms with Gasteiger partial charge >= 0.3 is 6.18 Å². The van der Waals surface area contributed by atoms with Crippen LogP contribution in [0.4, 0.5) is 13.2 Å². The van der Waals surface area contributed by atoms with Crippen molar-refractivity contribution in [1.82, 2.24) is 5.32 Å². The summed E-state index contributed by atoms with van der Waals surface area (Å²) in [7, 11) is 0. The van der Waals surface area contributed by atoms with E-state index in [1.54, 1.807) is 13.0 Å². The maximum Gasteiger partial charge on any atom is 0.416 e. The first kappa shape index (κ1) is 17.8. The Morgan fingerprint density at radius 2 is 2.09 bits per heavy atom. The molecule has 2 atom stereocenters. The highest BCUT2D eigenvalue weighted by molar-refractivity contribution is 5.77. The van der Waals surface area contributed by atoms with Crippen LogP contribution in [0.25, 0.3) is 0 Å². The molecule has 1 aromatic carbocycles. The quantitative estimate of drug-likeness (QED) is 0.805. The molecule has 0 aromatic heterocycles. The summed E-state index contributed by atoms with van der Waals surface area (Å²) in [6.07, 6.45) is -1.62. The zero-order valence-electron chi connectivity index (χ0n) is 13.1. The summed E-state index contributed by atoms with van der Waals surface area (Å²) in [5.74, 6) is -0.0542. The lowest BCUT2D eigenvalue weighted by Crippen LogP contribution is -2.37. The zero-order chi connectivity index (χ0) is 17.0. The van der Waals surface area contributed by atoms with Crippen molar-refractivity contribution in [3.8, 4) is 0 Å². The normalized spacial score (nSPS) is 17.6. The largest absolute Gasteiger partial charge is 0.416 e. The number of nitrogens with one attached hydrogen (secondary N) is 1. The minimum atomic E-state index is -4.38. The number of amides is 1. The fraction of sp³-hybridized carbons (Fsp3) is 0.588. The van der Waals surface area contributed by atoms with E-state index in [2.05, 4.69) is 5.32 Å². The highest BCUT2D eigenvalue weighted by Gasteiger charge is 2.32. The van der Waals surface area contributed by atoms with E-state index in [1.165, 1.54) is 6.07 Å². The van der Waals surface area contributed by atoms with Crippen molar-refractivity contribution in [3.05, 3.63) is 35.4 Å². The summed E-state index contributed by atoms with van der Waals surface area (Å²) < 4.78 is 38.2. The molecule has 0 radical (unpaired) electrons. The lowest BCUT2D eigenvalue weighted by atomic mass is 9.95. The number of hydrogen-bond donors (Lipinski definition) is 2. The van der Waals surface area contributed by atoms with E-state index >= 15 is 0 Å². The SMILES string of the molecule is CC(CC(=O)NC(CCO)C1CC1)c1cccc(C(F)(F)F)c1. The molecule has 2 rings (SSSR count). The van der Waals surface area contributed by atoms with E-state index < -0.39 is 11.7 Å². The van der Waals surface area contributed by atoms with Crippen LogP contribution in [0.1, 0.15) is 49.7 Å². The second-order valence-corrected chi connectivity index (χ2v) is 6.25. The van der Waals surface area contributed by atoms with E-state index in [1.807, 2.05) is 0 Å². The Morgan fingerprint density at radius 3 is 2.65 bits per heavy atom. The summed E-state index contributed by atoms with van der Waals surface area (Å²) in [6, 6.07) is 5.08. The molecule has 23 heavy (non-hydrogen) atoms. The van der Waals surface area contributed by atoms with Gasteiger partial charge in [-0.3, -0.25) is 4.79 Å². The Balaban J connectivity index is 1.95. The van der Waals surface area contributed by atoms with Gasteiger partial charge in [0.25, 0.3) is 0 Å². The Labute approximate surface area is 133 Å². The number of alkyl halides is 3. The number of aliphatic hydroxyl groups is 1. The second kappa shape index (κ2) is 7.34. The minimum Gasteiger partial charge on any atom is -0.396 e. The molecule has 1 aromatic rings. The predicted molar refractivity (Wildman–Crippen MR) is 80.8 cm³/mol. The lowest BCUT2D eigenvalue weighted by molar-refractivity contribution is -0.137. The van der Waals surface area contributed by atoms with Crippen molar-refractivity contribution >= 4 is 5.91 Å². The Morgan fingerprint density at radius 1 is 1.39 bits per heavy atom. The number of carbonyl (C=O) groups excluding carboxylic acids is 1. The maximum absolute atomic E-state index is 12.7. The third-order valence-electron chi connectivity index (χ3n) is 4.25. The Bertz CT molecular complexity index is 541. The van der Waals surface area contributed by atoms with Gasteiger partial charge in [0.05, 0.1) is 5.56 Å². The van der Waals surface area contributed by atoms with Gasteiger partial charge in [-0.1, -0.05) is 25.1 Å². The molecule has 0 bridgehead atoms. The molecule has 2 unspecified atom stereocenters. The molecule has 128 valence electrons. The van der Waals surface area contributed by atoms with E-state index in [4.69, 9.17) is 5.11 Å². The van der Waals surface area contributed by atoms with Gasteiger partial charge in [0.1, 0.15) is 0 Å². The first-order chi connectivity index (χ1) is 10.8. The van der Waals surface area contributed by atoms with Crippen LogP contribution in [0.2, 0.25) is 0 Å². The van der Waals surface area contributed by atoms with E-state index in [0.29, 0.717) is 17.9 Å². The molecule has 6 heteroatoms. The van der Waals surface area contributed by atoms with Crippen LogP contribution in [0.5, 0.6) is 0 Å². The molecule has 0 spiro atoms. The number of rotatable bonds is 7. The van der Waals surface area contributed by atoms with Crippen molar-refractivity contribution in [2.75, 3.05) is 6.61 Å². The Kier molecular flexibility index (Phi) is 5.68. The second-order valence-electron chi connectivity index (χ2n) is 6.25. The highest BCUT2D eigenvalue weighted by Crippen LogP contribution is 2.34. The number of benzene rings is 1. The topological polar surface area (TPSA) is 49.3 Å². The fourth-order valence-corrected chi connectivity index (χ4v) is 2.75.